The Kier molecular flexibility index (Phi) is 3.29. The van der Waals surface area contributed by atoms with Crippen LogP contribution in [-0.2, 0) is 0 Å². The monoisotopic (exact) mass is 205 g/mol. The Hall–Kier alpha value is -2.02. The number of carboxylic acids is 1. The van der Waals surface area contributed by atoms with E-state index < -0.39 is 5.97 Å². The van der Waals surface area contributed by atoms with Gasteiger partial charge in [-0.1, -0.05) is 0 Å². The quantitative estimate of drug-likeness (QED) is 0.819. The number of hydrogen-bond donors (Lipinski definition) is 1. The van der Waals surface area contributed by atoms with Gasteiger partial charge < -0.3 is 9.84 Å². The highest BCUT2D eigenvalue weighted by atomic mass is 16.5. The first-order chi connectivity index (χ1) is 7.04. The fourth-order valence-corrected chi connectivity index (χ4v) is 1.12. The minimum atomic E-state index is -1.06. The molecule has 4 nitrogen and oxygen atoms in total. The average Bonchev–Trinajstić information content (AvgIpc) is 2.16. The lowest BCUT2D eigenvalue weighted by Crippen LogP contribution is -2.10. The van der Waals surface area contributed by atoms with Crippen molar-refractivity contribution in [3.8, 4) is 11.8 Å². The Balaban J connectivity index is 3.17. The standard InChI is InChI=1S/C11H11NO3/c1-7(2)15-10-5-8(6-12)3-4-9(10)11(13)14/h3-5,7H,1-2H3,(H,13,14). The normalized spacial score (nSPS) is 9.73. The molecule has 0 unspecified atom stereocenters. The zero-order chi connectivity index (χ0) is 11.4. The van der Waals surface area contributed by atoms with Crippen LogP contribution in [0, 0.1) is 11.3 Å². The second kappa shape index (κ2) is 4.47. The van der Waals surface area contributed by atoms with Gasteiger partial charge in [0.05, 0.1) is 17.7 Å². The summed E-state index contributed by atoms with van der Waals surface area (Å²) in [5.74, 6) is -0.827. The van der Waals surface area contributed by atoms with Crippen LogP contribution in [0.15, 0.2) is 18.2 Å². The SMILES string of the molecule is CC(C)Oc1cc(C#N)ccc1C(=O)O. The zero-order valence-corrected chi connectivity index (χ0v) is 8.52. The molecule has 0 atom stereocenters. The highest BCUT2D eigenvalue weighted by molar-refractivity contribution is 5.91. The van der Waals surface area contributed by atoms with Crippen molar-refractivity contribution in [3.63, 3.8) is 0 Å². The maximum atomic E-state index is 10.8. The molecule has 0 heterocycles. The van der Waals surface area contributed by atoms with Crippen molar-refractivity contribution < 1.29 is 14.6 Å². The van der Waals surface area contributed by atoms with E-state index >= 15 is 0 Å². The molecule has 1 N–H and O–H groups in total. The summed E-state index contributed by atoms with van der Waals surface area (Å²) >= 11 is 0. The van der Waals surface area contributed by atoms with Crippen LogP contribution in [0.4, 0.5) is 0 Å². The summed E-state index contributed by atoms with van der Waals surface area (Å²) in [6.45, 7) is 3.59. The van der Waals surface area contributed by atoms with Gasteiger partial charge in [-0.25, -0.2) is 4.79 Å². The van der Waals surface area contributed by atoms with E-state index in [1.165, 1.54) is 18.2 Å². The second-order valence-electron chi connectivity index (χ2n) is 3.29. The number of carboxylic acid groups (broad SMARTS) is 1. The number of carbonyl (C=O) groups is 1. The van der Waals surface area contributed by atoms with E-state index in [2.05, 4.69) is 0 Å². The molecular weight excluding hydrogens is 194 g/mol. The summed E-state index contributed by atoms with van der Waals surface area (Å²) in [4.78, 5) is 10.8. The van der Waals surface area contributed by atoms with E-state index in [9.17, 15) is 4.79 Å². The second-order valence-corrected chi connectivity index (χ2v) is 3.29. The van der Waals surface area contributed by atoms with Crippen LogP contribution in [0.2, 0.25) is 0 Å². The Morgan fingerprint density at radius 1 is 1.53 bits per heavy atom. The van der Waals surface area contributed by atoms with Gasteiger partial charge in [0, 0.05) is 0 Å². The van der Waals surface area contributed by atoms with Crippen molar-refractivity contribution in [3.05, 3.63) is 29.3 Å². The molecule has 15 heavy (non-hydrogen) atoms. The molecule has 4 heteroatoms. The van der Waals surface area contributed by atoms with Crippen LogP contribution in [-0.4, -0.2) is 17.2 Å². The van der Waals surface area contributed by atoms with E-state index in [1.807, 2.05) is 6.07 Å². The van der Waals surface area contributed by atoms with Gasteiger partial charge in [0.1, 0.15) is 11.3 Å². The topological polar surface area (TPSA) is 70.3 Å². The number of nitrogens with zero attached hydrogens (tertiary/aromatic N) is 1. The molecule has 0 aliphatic carbocycles. The van der Waals surface area contributed by atoms with Crippen LogP contribution < -0.4 is 4.74 Å². The number of nitriles is 1. The van der Waals surface area contributed by atoms with Crippen molar-refractivity contribution >= 4 is 5.97 Å². The number of rotatable bonds is 3. The van der Waals surface area contributed by atoms with Gasteiger partial charge in [0.25, 0.3) is 0 Å². The zero-order valence-electron chi connectivity index (χ0n) is 8.52. The molecule has 78 valence electrons. The van der Waals surface area contributed by atoms with Crippen molar-refractivity contribution in [2.75, 3.05) is 0 Å². The van der Waals surface area contributed by atoms with Crippen molar-refractivity contribution in [1.29, 1.82) is 5.26 Å². The fourth-order valence-electron chi connectivity index (χ4n) is 1.12. The molecule has 1 aromatic carbocycles. The Morgan fingerprint density at radius 2 is 2.20 bits per heavy atom. The third-order valence-corrected chi connectivity index (χ3v) is 1.70. The number of ether oxygens (including phenoxy) is 1. The van der Waals surface area contributed by atoms with E-state index in [-0.39, 0.29) is 17.4 Å². The number of aromatic carboxylic acids is 1. The van der Waals surface area contributed by atoms with Crippen LogP contribution in [0.3, 0.4) is 0 Å². The molecule has 0 fully saturated rings. The predicted octanol–water partition coefficient (Wildman–Crippen LogP) is 2.04. The third-order valence-electron chi connectivity index (χ3n) is 1.70. The molecule has 0 bridgehead atoms. The van der Waals surface area contributed by atoms with Crippen LogP contribution in [0.5, 0.6) is 5.75 Å². The summed E-state index contributed by atoms with van der Waals surface area (Å²) in [6.07, 6.45) is -0.128. The molecule has 1 rings (SSSR count). The maximum absolute atomic E-state index is 10.8. The number of benzene rings is 1. The first-order valence-electron chi connectivity index (χ1n) is 4.48. The molecule has 0 radical (unpaired) electrons. The average molecular weight is 205 g/mol. The fraction of sp³-hybridized carbons (Fsp3) is 0.273. The van der Waals surface area contributed by atoms with Crippen LogP contribution in [0.1, 0.15) is 29.8 Å². The minimum Gasteiger partial charge on any atom is -0.490 e. The van der Waals surface area contributed by atoms with Gasteiger partial charge in [-0.15, -0.1) is 0 Å². The maximum Gasteiger partial charge on any atom is 0.339 e. The summed E-state index contributed by atoms with van der Waals surface area (Å²) in [6, 6.07) is 6.20. The van der Waals surface area contributed by atoms with Gasteiger partial charge in [0.15, 0.2) is 0 Å². The van der Waals surface area contributed by atoms with Gasteiger partial charge in [-0.3, -0.25) is 0 Å². The minimum absolute atomic E-state index is 0.0719. The Labute approximate surface area is 87.7 Å². The Morgan fingerprint density at radius 3 is 2.67 bits per heavy atom. The first kappa shape index (κ1) is 11.1. The van der Waals surface area contributed by atoms with E-state index in [0.29, 0.717) is 5.56 Å². The summed E-state index contributed by atoms with van der Waals surface area (Å²) in [5, 5.41) is 17.6. The van der Waals surface area contributed by atoms with Crippen LogP contribution >= 0.6 is 0 Å². The predicted molar refractivity (Wildman–Crippen MR) is 53.9 cm³/mol. The molecule has 0 spiro atoms. The molecule has 0 aromatic heterocycles. The van der Waals surface area contributed by atoms with Gasteiger partial charge >= 0.3 is 5.97 Å². The lowest BCUT2D eigenvalue weighted by molar-refractivity contribution is 0.0690. The summed E-state index contributed by atoms with van der Waals surface area (Å²) < 4.78 is 5.32. The number of hydrogen-bond acceptors (Lipinski definition) is 3. The van der Waals surface area contributed by atoms with Crippen molar-refractivity contribution in [1.82, 2.24) is 0 Å². The molecule has 0 amide bonds. The van der Waals surface area contributed by atoms with E-state index in [1.54, 1.807) is 13.8 Å². The van der Waals surface area contributed by atoms with Crippen molar-refractivity contribution in [2.24, 2.45) is 0 Å². The van der Waals surface area contributed by atoms with Gasteiger partial charge in [-0.2, -0.15) is 5.26 Å². The molecule has 0 saturated carbocycles. The smallest absolute Gasteiger partial charge is 0.339 e. The summed E-state index contributed by atoms with van der Waals surface area (Å²) in [5.41, 5.74) is 0.457. The molecular formula is C11H11NO3. The van der Waals surface area contributed by atoms with Crippen molar-refractivity contribution in [2.45, 2.75) is 20.0 Å². The van der Waals surface area contributed by atoms with Gasteiger partial charge in [0.2, 0.25) is 0 Å². The lowest BCUT2D eigenvalue weighted by atomic mass is 10.1. The molecule has 0 aliphatic rings. The van der Waals surface area contributed by atoms with Gasteiger partial charge in [-0.05, 0) is 32.0 Å². The third kappa shape index (κ3) is 2.71. The largest absolute Gasteiger partial charge is 0.490 e. The lowest BCUT2D eigenvalue weighted by Gasteiger charge is -2.12. The van der Waals surface area contributed by atoms with E-state index in [0.717, 1.165) is 0 Å². The highest BCUT2D eigenvalue weighted by Gasteiger charge is 2.12. The first-order valence-corrected chi connectivity index (χ1v) is 4.48. The molecule has 1 aromatic rings. The Bertz CT molecular complexity index is 418. The molecule has 0 saturated heterocycles. The highest BCUT2D eigenvalue weighted by Crippen LogP contribution is 2.21. The van der Waals surface area contributed by atoms with Crippen LogP contribution in [0.25, 0.3) is 0 Å². The molecule has 0 aliphatic heterocycles. The van der Waals surface area contributed by atoms with E-state index in [4.69, 9.17) is 15.1 Å². The summed E-state index contributed by atoms with van der Waals surface area (Å²) in [7, 11) is 0.